The highest BCUT2D eigenvalue weighted by molar-refractivity contribution is 7.92. The zero-order valence-electron chi connectivity index (χ0n) is 10.3. The molecule has 18 heavy (non-hydrogen) atoms. The summed E-state index contributed by atoms with van der Waals surface area (Å²) in [7, 11) is -2.50. The summed E-state index contributed by atoms with van der Waals surface area (Å²) < 4.78 is 41.6. The van der Waals surface area contributed by atoms with E-state index in [4.69, 9.17) is 0 Å². The first-order valence-electron chi connectivity index (χ1n) is 5.10. The lowest BCUT2D eigenvalue weighted by Gasteiger charge is -2.27. The van der Waals surface area contributed by atoms with Crippen LogP contribution < -0.4 is 4.31 Å². The first kappa shape index (κ1) is 14.4. The minimum Gasteiger partial charge on any atom is -0.467 e. The summed E-state index contributed by atoms with van der Waals surface area (Å²) in [4.78, 5) is 11.4. The van der Waals surface area contributed by atoms with Crippen LogP contribution in [0.15, 0.2) is 24.3 Å². The summed E-state index contributed by atoms with van der Waals surface area (Å²) in [6.07, 6.45) is 0.968. The topological polar surface area (TPSA) is 63.7 Å². The van der Waals surface area contributed by atoms with Crippen molar-refractivity contribution in [3.63, 3.8) is 0 Å². The Hall–Kier alpha value is -1.63. The monoisotopic (exact) mass is 275 g/mol. The number of anilines is 1. The molecule has 100 valence electrons. The minimum atomic E-state index is -3.68. The fraction of sp³-hybridized carbons (Fsp3) is 0.364. The maximum Gasteiger partial charge on any atom is 0.329 e. The fourth-order valence-corrected chi connectivity index (χ4v) is 2.72. The van der Waals surface area contributed by atoms with Crippen molar-refractivity contribution in [1.82, 2.24) is 0 Å². The Morgan fingerprint density at radius 2 is 1.83 bits per heavy atom. The molecule has 0 saturated heterocycles. The van der Waals surface area contributed by atoms with E-state index in [9.17, 15) is 17.6 Å². The van der Waals surface area contributed by atoms with Gasteiger partial charge < -0.3 is 4.74 Å². The number of halogens is 1. The van der Waals surface area contributed by atoms with Gasteiger partial charge in [-0.1, -0.05) is 0 Å². The summed E-state index contributed by atoms with van der Waals surface area (Å²) in [6.45, 7) is 1.40. The third-order valence-corrected chi connectivity index (χ3v) is 3.57. The lowest BCUT2D eigenvalue weighted by atomic mass is 10.2. The van der Waals surface area contributed by atoms with E-state index in [2.05, 4.69) is 4.74 Å². The van der Waals surface area contributed by atoms with E-state index >= 15 is 0 Å². The number of hydrogen-bond acceptors (Lipinski definition) is 4. The van der Waals surface area contributed by atoms with Gasteiger partial charge in [0.1, 0.15) is 11.9 Å². The highest BCUT2D eigenvalue weighted by Crippen LogP contribution is 2.21. The summed E-state index contributed by atoms with van der Waals surface area (Å²) in [5, 5.41) is 0. The van der Waals surface area contributed by atoms with E-state index in [1.807, 2.05) is 0 Å². The number of carbonyl (C=O) groups excluding carboxylic acids is 1. The molecule has 0 fully saturated rings. The molecule has 5 nitrogen and oxygen atoms in total. The van der Waals surface area contributed by atoms with E-state index in [1.165, 1.54) is 26.2 Å². The number of rotatable bonds is 4. The van der Waals surface area contributed by atoms with E-state index in [0.29, 0.717) is 0 Å². The largest absolute Gasteiger partial charge is 0.467 e. The van der Waals surface area contributed by atoms with E-state index in [-0.39, 0.29) is 5.69 Å². The molecule has 0 heterocycles. The van der Waals surface area contributed by atoms with Crippen molar-refractivity contribution in [2.24, 2.45) is 0 Å². The van der Waals surface area contributed by atoms with E-state index in [0.717, 1.165) is 22.7 Å². The van der Waals surface area contributed by atoms with Gasteiger partial charge in [-0.3, -0.25) is 4.31 Å². The molecule has 0 aliphatic rings. The molecule has 1 rings (SSSR count). The van der Waals surface area contributed by atoms with Gasteiger partial charge in [-0.15, -0.1) is 0 Å². The quantitative estimate of drug-likeness (QED) is 0.773. The Kier molecular flexibility index (Phi) is 4.28. The number of esters is 1. The van der Waals surface area contributed by atoms with Crippen molar-refractivity contribution in [3.8, 4) is 0 Å². The Morgan fingerprint density at radius 3 is 2.22 bits per heavy atom. The highest BCUT2D eigenvalue weighted by Gasteiger charge is 2.29. The molecule has 0 spiro atoms. The molecule has 0 aromatic heterocycles. The van der Waals surface area contributed by atoms with Crippen LogP contribution in [0.4, 0.5) is 10.1 Å². The van der Waals surface area contributed by atoms with Crippen molar-refractivity contribution in [1.29, 1.82) is 0 Å². The van der Waals surface area contributed by atoms with Crippen LogP contribution >= 0.6 is 0 Å². The van der Waals surface area contributed by atoms with Crippen LogP contribution in [0.1, 0.15) is 6.92 Å². The Balaban J connectivity index is 3.23. The van der Waals surface area contributed by atoms with Crippen LogP contribution in [0.2, 0.25) is 0 Å². The molecule has 1 aromatic carbocycles. The zero-order valence-corrected chi connectivity index (χ0v) is 11.1. The summed E-state index contributed by atoms with van der Waals surface area (Å²) >= 11 is 0. The Bertz CT molecular complexity index is 526. The maximum atomic E-state index is 12.8. The molecule has 7 heteroatoms. The first-order chi connectivity index (χ1) is 8.27. The fourth-order valence-electron chi connectivity index (χ4n) is 1.56. The molecular weight excluding hydrogens is 261 g/mol. The van der Waals surface area contributed by atoms with Gasteiger partial charge in [0.15, 0.2) is 0 Å². The second-order valence-electron chi connectivity index (χ2n) is 3.73. The number of ether oxygens (including phenoxy) is 1. The molecule has 0 aliphatic heterocycles. The predicted molar refractivity (Wildman–Crippen MR) is 65.2 cm³/mol. The van der Waals surface area contributed by atoms with Crippen LogP contribution in [0, 0.1) is 5.82 Å². The van der Waals surface area contributed by atoms with Crippen LogP contribution in [0.25, 0.3) is 0 Å². The van der Waals surface area contributed by atoms with Crippen molar-refractivity contribution in [2.45, 2.75) is 13.0 Å². The van der Waals surface area contributed by atoms with E-state index < -0.39 is 27.9 Å². The minimum absolute atomic E-state index is 0.205. The molecular formula is C11H14FNO4S. The number of sulfonamides is 1. The second-order valence-corrected chi connectivity index (χ2v) is 5.59. The number of nitrogens with zero attached hydrogens (tertiary/aromatic N) is 1. The van der Waals surface area contributed by atoms with Gasteiger partial charge in [0.25, 0.3) is 0 Å². The van der Waals surface area contributed by atoms with Gasteiger partial charge >= 0.3 is 5.97 Å². The molecule has 1 atom stereocenters. The molecule has 1 unspecified atom stereocenters. The normalized spacial score (nSPS) is 12.9. The lowest BCUT2D eigenvalue weighted by molar-refractivity contribution is -0.141. The third kappa shape index (κ3) is 3.19. The number of carbonyl (C=O) groups is 1. The highest BCUT2D eigenvalue weighted by atomic mass is 32.2. The molecule has 0 bridgehead atoms. The van der Waals surface area contributed by atoms with Crippen LogP contribution in [0.3, 0.4) is 0 Å². The number of benzene rings is 1. The van der Waals surface area contributed by atoms with Crippen molar-refractivity contribution >= 4 is 21.7 Å². The average Bonchev–Trinajstić information content (AvgIpc) is 2.29. The van der Waals surface area contributed by atoms with Gasteiger partial charge in [-0.05, 0) is 31.2 Å². The Labute approximate surface area is 105 Å². The maximum absolute atomic E-state index is 12.8. The van der Waals surface area contributed by atoms with Gasteiger partial charge in [-0.2, -0.15) is 0 Å². The first-order valence-corrected chi connectivity index (χ1v) is 6.95. The summed E-state index contributed by atoms with van der Waals surface area (Å²) in [6, 6.07) is 3.80. The standard InChI is InChI=1S/C11H14FNO4S/c1-8(11(14)17-2)13(18(3,15)16)10-6-4-9(12)5-7-10/h4-8H,1-3H3. The Morgan fingerprint density at radius 1 is 1.33 bits per heavy atom. The van der Waals surface area contributed by atoms with Gasteiger partial charge in [-0.25, -0.2) is 17.6 Å². The van der Waals surface area contributed by atoms with Gasteiger partial charge in [0, 0.05) is 0 Å². The van der Waals surface area contributed by atoms with Crippen LogP contribution in [-0.2, 0) is 19.6 Å². The number of hydrogen-bond donors (Lipinski definition) is 0. The SMILES string of the molecule is COC(=O)C(C)N(c1ccc(F)cc1)S(C)(=O)=O. The molecule has 0 aliphatic carbocycles. The molecule has 0 N–H and O–H groups in total. The third-order valence-electron chi connectivity index (χ3n) is 2.33. The summed E-state index contributed by atoms with van der Waals surface area (Å²) in [5.41, 5.74) is 0.205. The molecule has 0 saturated carbocycles. The van der Waals surface area contributed by atoms with Crippen LogP contribution in [0.5, 0.6) is 0 Å². The zero-order chi connectivity index (χ0) is 13.9. The van der Waals surface area contributed by atoms with Crippen molar-refractivity contribution < 1.29 is 22.3 Å². The molecule has 1 aromatic rings. The average molecular weight is 275 g/mol. The smallest absolute Gasteiger partial charge is 0.329 e. The predicted octanol–water partition coefficient (Wildman–Crippen LogP) is 1.15. The molecule has 0 amide bonds. The number of methoxy groups -OCH3 is 1. The second kappa shape index (κ2) is 5.34. The van der Waals surface area contributed by atoms with Crippen molar-refractivity contribution in [2.75, 3.05) is 17.7 Å². The van der Waals surface area contributed by atoms with Crippen molar-refractivity contribution in [3.05, 3.63) is 30.1 Å². The van der Waals surface area contributed by atoms with E-state index in [1.54, 1.807) is 0 Å². The molecule has 0 radical (unpaired) electrons. The van der Waals surface area contributed by atoms with Gasteiger partial charge in [0.05, 0.1) is 19.1 Å². The summed E-state index contributed by atoms with van der Waals surface area (Å²) in [5.74, 6) is -1.18. The van der Waals surface area contributed by atoms with Crippen LogP contribution in [-0.4, -0.2) is 33.8 Å². The lowest BCUT2D eigenvalue weighted by Crippen LogP contribution is -2.43. The van der Waals surface area contributed by atoms with Gasteiger partial charge in [0.2, 0.25) is 10.0 Å².